The first-order valence-corrected chi connectivity index (χ1v) is 6.69. The van der Waals surface area contributed by atoms with Gasteiger partial charge in [-0.3, -0.25) is 0 Å². The summed E-state index contributed by atoms with van der Waals surface area (Å²) in [5.74, 6) is -0.400. The van der Waals surface area contributed by atoms with E-state index >= 15 is 0 Å². The van der Waals surface area contributed by atoms with Crippen LogP contribution in [0.2, 0.25) is 0 Å². The van der Waals surface area contributed by atoms with Crippen LogP contribution in [0.4, 0.5) is 0 Å². The zero-order valence-electron chi connectivity index (χ0n) is 12.2. The molecular weight excluding hydrogens is 254 g/mol. The molecule has 0 aliphatic heterocycles. The first kappa shape index (κ1) is 14.3. The summed E-state index contributed by atoms with van der Waals surface area (Å²) in [5, 5.41) is 9.23. The maximum Gasteiger partial charge on any atom is 0.373 e. The van der Waals surface area contributed by atoms with Crippen LogP contribution < -0.4 is 0 Å². The Balaban J connectivity index is 2.52. The van der Waals surface area contributed by atoms with Crippen LogP contribution in [0.3, 0.4) is 0 Å². The van der Waals surface area contributed by atoms with Crippen LogP contribution in [-0.4, -0.2) is 16.1 Å². The molecule has 0 atom stereocenters. The molecule has 0 aliphatic rings. The van der Waals surface area contributed by atoms with Crippen LogP contribution in [-0.2, 0) is 6.42 Å². The molecule has 0 spiro atoms. The highest BCUT2D eigenvalue weighted by molar-refractivity contribution is 5.86. The number of aromatic carboxylic acids is 1. The minimum atomic E-state index is -1.07. The van der Waals surface area contributed by atoms with Crippen molar-refractivity contribution in [2.75, 3.05) is 0 Å². The fourth-order valence-corrected chi connectivity index (χ4v) is 2.13. The van der Waals surface area contributed by atoms with Crippen LogP contribution in [0.25, 0.3) is 11.5 Å². The molecule has 4 nitrogen and oxygen atoms in total. The molecule has 106 valence electrons. The third-order valence-electron chi connectivity index (χ3n) is 3.12. The van der Waals surface area contributed by atoms with Crippen molar-refractivity contribution in [2.24, 2.45) is 5.92 Å². The molecule has 0 aliphatic carbocycles. The molecule has 1 aromatic heterocycles. The largest absolute Gasteiger partial charge is 0.475 e. The highest BCUT2D eigenvalue weighted by Gasteiger charge is 2.21. The molecule has 2 aromatic rings. The zero-order valence-corrected chi connectivity index (χ0v) is 12.2. The Kier molecular flexibility index (Phi) is 3.93. The van der Waals surface area contributed by atoms with Crippen molar-refractivity contribution in [1.82, 2.24) is 4.98 Å². The highest BCUT2D eigenvalue weighted by atomic mass is 16.4. The van der Waals surface area contributed by atoms with Gasteiger partial charge in [-0.15, -0.1) is 0 Å². The van der Waals surface area contributed by atoms with Crippen molar-refractivity contribution in [3.63, 3.8) is 0 Å². The SMILES string of the molecule is Cc1ccc(C)c(-c2nc(CC(C)C)c(C(=O)O)o2)c1. The Morgan fingerprint density at radius 2 is 2.05 bits per heavy atom. The third-order valence-corrected chi connectivity index (χ3v) is 3.12. The molecule has 0 amide bonds. The van der Waals surface area contributed by atoms with Gasteiger partial charge in [0, 0.05) is 5.56 Å². The molecule has 0 radical (unpaired) electrons. The number of aryl methyl sites for hydroxylation is 2. The molecule has 1 heterocycles. The standard InChI is InChI=1S/C16H19NO3/c1-9(2)7-13-14(16(18)19)20-15(17-13)12-8-10(3)5-6-11(12)4/h5-6,8-9H,7H2,1-4H3,(H,18,19). The molecule has 0 saturated carbocycles. The molecule has 1 aromatic carbocycles. The highest BCUT2D eigenvalue weighted by Crippen LogP contribution is 2.27. The average molecular weight is 273 g/mol. The van der Waals surface area contributed by atoms with Crippen LogP contribution in [0, 0.1) is 19.8 Å². The Labute approximate surface area is 118 Å². The number of carbonyl (C=O) groups is 1. The van der Waals surface area contributed by atoms with Gasteiger partial charge in [-0.2, -0.15) is 0 Å². The fourth-order valence-electron chi connectivity index (χ4n) is 2.13. The number of rotatable bonds is 4. The van der Waals surface area contributed by atoms with Gasteiger partial charge in [-0.1, -0.05) is 31.5 Å². The number of hydrogen-bond acceptors (Lipinski definition) is 3. The second-order valence-electron chi connectivity index (χ2n) is 5.52. The van der Waals surface area contributed by atoms with Crippen molar-refractivity contribution in [3.05, 3.63) is 40.8 Å². The number of nitrogens with zero attached hydrogens (tertiary/aromatic N) is 1. The predicted octanol–water partition coefficient (Wildman–Crippen LogP) is 3.86. The van der Waals surface area contributed by atoms with E-state index < -0.39 is 5.97 Å². The second kappa shape index (κ2) is 5.49. The number of carboxylic acid groups (broad SMARTS) is 1. The predicted molar refractivity (Wildman–Crippen MR) is 76.9 cm³/mol. The summed E-state index contributed by atoms with van der Waals surface area (Å²) >= 11 is 0. The Hall–Kier alpha value is -2.10. The topological polar surface area (TPSA) is 63.3 Å². The van der Waals surface area contributed by atoms with E-state index in [-0.39, 0.29) is 5.76 Å². The molecule has 20 heavy (non-hydrogen) atoms. The summed E-state index contributed by atoms with van der Waals surface area (Å²) in [6, 6.07) is 5.96. The summed E-state index contributed by atoms with van der Waals surface area (Å²) in [5.41, 5.74) is 3.47. The van der Waals surface area contributed by atoms with E-state index in [0.717, 1.165) is 16.7 Å². The first-order valence-electron chi connectivity index (χ1n) is 6.69. The van der Waals surface area contributed by atoms with Crippen LogP contribution >= 0.6 is 0 Å². The van der Waals surface area contributed by atoms with Crippen molar-refractivity contribution in [3.8, 4) is 11.5 Å². The summed E-state index contributed by atoms with van der Waals surface area (Å²) in [6.45, 7) is 8.00. The third kappa shape index (κ3) is 2.90. The summed E-state index contributed by atoms with van der Waals surface area (Å²) in [6.07, 6.45) is 0.593. The fraction of sp³-hybridized carbons (Fsp3) is 0.375. The molecule has 0 fully saturated rings. The molecule has 0 saturated heterocycles. The summed E-state index contributed by atoms with van der Waals surface area (Å²) in [4.78, 5) is 15.7. The molecular formula is C16H19NO3. The number of benzene rings is 1. The van der Waals surface area contributed by atoms with Gasteiger partial charge < -0.3 is 9.52 Å². The van der Waals surface area contributed by atoms with Crippen LogP contribution in [0.15, 0.2) is 22.6 Å². The Bertz CT molecular complexity index is 641. The lowest BCUT2D eigenvalue weighted by Crippen LogP contribution is -2.03. The van der Waals surface area contributed by atoms with E-state index in [9.17, 15) is 9.90 Å². The summed E-state index contributed by atoms with van der Waals surface area (Å²) in [7, 11) is 0. The van der Waals surface area contributed by atoms with E-state index in [0.29, 0.717) is 23.9 Å². The van der Waals surface area contributed by atoms with Crippen molar-refractivity contribution in [2.45, 2.75) is 34.1 Å². The van der Waals surface area contributed by atoms with Gasteiger partial charge in [-0.25, -0.2) is 9.78 Å². The van der Waals surface area contributed by atoms with Crippen molar-refractivity contribution in [1.29, 1.82) is 0 Å². The van der Waals surface area contributed by atoms with E-state index in [4.69, 9.17) is 4.42 Å². The minimum Gasteiger partial charge on any atom is -0.475 e. The lowest BCUT2D eigenvalue weighted by atomic mass is 10.1. The first-order chi connectivity index (χ1) is 9.38. The van der Waals surface area contributed by atoms with Gasteiger partial charge in [0.05, 0.1) is 5.69 Å². The average Bonchev–Trinajstić information content (AvgIpc) is 2.75. The molecule has 0 unspecified atom stereocenters. The quantitative estimate of drug-likeness (QED) is 0.918. The Morgan fingerprint density at radius 1 is 1.35 bits per heavy atom. The van der Waals surface area contributed by atoms with E-state index in [1.807, 2.05) is 45.9 Å². The molecule has 0 bridgehead atoms. The number of carboxylic acids is 1. The second-order valence-corrected chi connectivity index (χ2v) is 5.52. The maximum absolute atomic E-state index is 11.3. The van der Waals surface area contributed by atoms with Crippen LogP contribution in [0.1, 0.15) is 41.2 Å². The van der Waals surface area contributed by atoms with Gasteiger partial charge in [0.25, 0.3) is 0 Å². The van der Waals surface area contributed by atoms with E-state index in [1.54, 1.807) is 0 Å². The smallest absolute Gasteiger partial charge is 0.373 e. The van der Waals surface area contributed by atoms with Gasteiger partial charge in [0.15, 0.2) is 0 Å². The molecule has 1 N–H and O–H groups in total. The van der Waals surface area contributed by atoms with E-state index in [2.05, 4.69) is 4.98 Å². The monoisotopic (exact) mass is 273 g/mol. The van der Waals surface area contributed by atoms with E-state index in [1.165, 1.54) is 0 Å². The van der Waals surface area contributed by atoms with Gasteiger partial charge in [0.1, 0.15) is 0 Å². The number of hydrogen-bond donors (Lipinski definition) is 1. The normalized spacial score (nSPS) is 11.1. The van der Waals surface area contributed by atoms with Crippen molar-refractivity contribution < 1.29 is 14.3 Å². The lowest BCUT2D eigenvalue weighted by Gasteiger charge is -2.02. The number of aromatic nitrogens is 1. The van der Waals surface area contributed by atoms with Gasteiger partial charge >= 0.3 is 5.97 Å². The van der Waals surface area contributed by atoms with Gasteiger partial charge in [-0.05, 0) is 37.8 Å². The maximum atomic E-state index is 11.3. The summed E-state index contributed by atoms with van der Waals surface area (Å²) < 4.78 is 5.49. The zero-order chi connectivity index (χ0) is 14.9. The minimum absolute atomic E-state index is 0.0467. The van der Waals surface area contributed by atoms with Crippen LogP contribution in [0.5, 0.6) is 0 Å². The van der Waals surface area contributed by atoms with Crippen molar-refractivity contribution >= 4 is 5.97 Å². The molecule has 4 heteroatoms. The number of oxazole rings is 1. The Morgan fingerprint density at radius 3 is 2.65 bits per heavy atom. The molecule has 2 rings (SSSR count). The van der Waals surface area contributed by atoms with Gasteiger partial charge in [0.2, 0.25) is 11.7 Å². The lowest BCUT2D eigenvalue weighted by molar-refractivity contribution is 0.0661.